The first kappa shape index (κ1) is 16.8. The summed E-state index contributed by atoms with van der Waals surface area (Å²) in [6.07, 6.45) is 0.615. The molecule has 6 heteroatoms. The number of methoxy groups -OCH3 is 1. The maximum Gasteiger partial charge on any atom is 0.240 e. The summed E-state index contributed by atoms with van der Waals surface area (Å²) in [7, 11) is 1.62. The topological polar surface area (TPSA) is 41.9 Å². The molecule has 0 radical (unpaired) electrons. The number of hydrazone groups is 1. The van der Waals surface area contributed by atoms with Gasteiger partial charge in [-0.25, -0.2) is 5.01 Å². The molecule has 1 aliphatic rings. The lowest BCUT2D eigenvalue weighted by Gasteiger charge is -2.20. The molecular weight excluding hydrogens is 347 g/mol. The number of nitrogens with zero attached hydrogens (tertiary/aromatic N) is 2. The van der Waals surface area contributed by atoms with Crippen molar-refractivity contribution in [1.29, 1.82) is 0 Å². The number of halogens is 2. The molecule has 3 rings (SSSR count). The summed E-state index contributed by atoms with van der Waals surface area (Å²) >= 11 is 12.1. The quantitative estimate of drug-likeness (QED) is 0.793. The van der Waals surface area contributed by atoms with E-state index in [1.54, 1.807) is 19.2 Å². The van der Waals surface area contributed by atoms with E-state index in [9.17, 15) is 4.79 Å². The zero-order valence-corrected chi connectivity index (χ0v) is 14.8. The lowest BCUT2D eigenvalue weighted by atomic mass is 9.98. The van der Waals surface area contributed by atoms with Gasteiger partial charge in [-0.15, -0.1) is 0 Å². The second kappa shape index (κ2) is 6.83. The van der Waals surface area contributed by atoms with Crippen LogP contribution in [0.2, 0.25) is 10.0 Å². The van der Waals surface area contributed by atoms with Crippen LogP contribution in [-0.2, 0) is 4.79 Å². The summed E-state index contributed by atoms with van der Waals surface area (Å²) in [4.78, 5) is 12.0. The van der Waals surface area contributed by atoms with E-state index in [0.717, 1.165) is 22.6 Å². The first-order chi connectivity index (χ1) is 11.5. The first-order valence-electron chi connectivity index (χ1n) is 7.46. The summed E-state index contributed by atoms with van der Waals surface area (Å²) in [6, 6.07) is 12.9. The van der Waals surface area contributed by atoms with Gasteiger partial charge in [0.15, 0.2) is 0 Å². The highest BCUT2D eigenvalue weighted by molar-refractivity contribution is 6.42. The van der Waals surface area contributed by atoms with Crippen molar-refractivity contribution >= 4 is 34.8 Å². The molecule has 2 aromatic rings. The zero-order chi connectivity index (χ0) is 17.3. The Balaban J connectivity index is 1.92. The molecule has 1 aliphatic heterocycles. The van der Waals surface area contributed by atoms with E-state index >= 15 is 0 Å². The maximum atomic E-state index is 12.0. The molecule has 1 atom stereocenters. The Hall–Kier alpha value is -2.04. The van der Waals surface area contributed by atoms with Crippen LogP contribution in [0.1, 0.15) is 30.5 Å². The van der Waals surface area contributed by atoms with Gasteiger partial charge in [-0.2, -0.15) is 5.10 Å². The molecule has 2 aromatic carbocycles. The Bertz CT molecular complexity index is 803. The highest BCUT2D eigenvalue weighted by atomic mass is 35.5. The predicted octanol–water partition coefficient (Wildman–Crippen LogP) is 4.70. The molecular formula is C18H16Cl2N2O2. The minimum Gasteiger partial charge on any atom is -0.497 e. The van der Waals surface area contributed by atoms with Crippen LogP contribution in [0.5, 0.6) is 5.75 Å². The van der Waals surface area contributed by atoms with Crippen LogP contribution in [0.4, 0.5) is 0 Å². The number of carbonyl (C=O) groups is 1. The van der Waals surface area contributed by atoms with Gasteiger partial charge >= 0.3 is 0 Å². The molecule has 1 amide bonds. The van der Waals surface area contributed by atoms with E-state index in [0.29, 0.717) is 16.5 Å². The predicted molar refractivity (Wildman–Crippen MR) is 95.9 cm³/mol. The van der Waals surface area contributed by atoms with Crippen LogP contribution >= 0.6 is 23.2 Å². The third kappa shape index (κ3) is 3.25. The summed E-state index contributed by atoms with van der Waals surface area (Å²) in [5.74, 6) is 0.669. The minimum atomic E-state index is -0.141. The van der Waals surface area contributed by atoms with Gasteiger partial charge in [0.25, 0.3) is 0 Å². The van der Waals surface area contributed by atoms with Crippen molar-refractivity contribution in [2.75, 3.05) is 7.11 Å². The normalized spacial score (nSPS) is 16.9. The summed E-state index contributed by atoms with van der Waals surface area (Å²) < 4.78 is 5.18. The zero-order valence-electron chi connectivity index (χ0n) is 13.3. The van der Waals surface area contributed by atoms with E-state index in [-0.39, 0.29) is 11.9 Å². The lowest BCUT2D eigenvalue weighted by Crippen LogP contribution is -2.24. The van der Waals surface area contributed by atoms with E-state index in [4.69, 9.17) is 27.9 Å². The fraction of sp³-hybridized carbons (Fsp3) is 0.222. The average molecular weight is 363 g/mol. The fourth-order valence-electron chi connectivity index (χ4n) is 2.74. The smallest absolute Gasteiger partial charge is 0.240 e. The van der Waals surface area contributed by atoms with Crippen LogP contribution in [0.3, 0.4) is 0 Å². The lowest BCUT2D eigenvalue weighted by molar-refractivity contribution is -0.130. The van der Waals surface area contributed by atoms with Crippen molar-refractivity contribution < 1.29 is 9.53 Å². The largest absolute Gasteiger partial charge is 0.497 e. The van der Waals surface area contributed by atoms with Crippen LogP contribution in [0, 0.1) is 0 Å². The summed E-state index contributed by atoms with van der Waals surface area (Å²) in [5, 5.41) is 6.98. The molecule has 0 saturated heterocycles. The molecule has 1 unspecified atom stereocenters. The van der Waals surface area contributed by atoms with Gasteiger partial charge in [0.2, 0.25) is 5.91 Å². The van der Waals surface area contributed by atoms with Crippen molar-refractivity contribution in [3.05, 3.63) is 63.6 Å². The number of hydrogen-bond acceptors (Lipinski definition) is 3. The second-order valence-electron chi connectivity index (χ2n) is 5.53. The van der Waals surface area contributed by atoms with Crippen LogP contribution in [0.15, 0.2) is 47.6 Å². The van der Waals surface area contributed by atoms with Crippen molar-refractivity contribution in [1.82, 2.24) is 5.01 Å². The van der Waals surface area contributed by atoms with Gasteiger partial charge in [-0.3, -0.25) is 4.79 Å². The number of carbonyl (C=O) groups excluding carboxylic acids is 1. The van der Waals surface area contributed by atoms with Crippen molar-refractivity contribution in [3.8, 4) is 5.75 Å². The first-order valence-corrected chi connectivity index (χ1v) is 8.22. The number of hydrogen-bond donors (Lipinski definition) is 0. The standard InChI is InChI=1S/C18H16Cl2N2O2/c1-11(23)22-18(12-3-6-14(24-2)7-4-12)10-17(21-22)13-5-8-15(19)16(20)9-13/h3-9,18H,10H2,1-2H3. The van der Waals surface area contributed by atoms with Gasteiger partial charge < -0.3 is 4.74 Å². The Morgan fingerprint density at radius 3 is 2.46 bits per heavy atom. The third-order valence-corrected chi connectivity index (χ3v) is 4.73. The number of amides is 1. The molecule has 0 N–H and O–H groups in total. The number of benzene rings is 2. The number of ether oxygens (including phenoxy) is 1. The Morgan fingerprint density at radius 2 is 1.88 bits per heavy atom. The second-order valence-corrected chi connectivity index (χ2v) is 6.35. The molecule has 0 saturated carbocycles. The third-order valence-electron chi connectivity index (χ3n) is 3.99. The molecule has 0 bridgehead atoms. The maximum absolute atomic E-state index is 12.0. The van der Waals surface area contributed by atoms with E-state index < -0.39 is 0 Å². The van der Waals surface area contributed by atoms with Gasteiger partial charge in [0, 0.05) is 13.3 Å². The van der Waals surface area contributed by atoms with Crippen molar-refractivity contribution in [2.45, 2.75) is 19.4 Å². The molecule has 4 nitrogen and oxygen atoms in total. The molecule has 0 spiro atoms. The van der Waals surface area contributed by atoms with Gasteiger partial charge in [0.1, 0.15) is 5.75 Å². The van der Waals surface area contributed by atoms with Gasteiger partial charge in [0.05, 0.1) is 28.9 Å². The van der Waals surface area contributed by atoms with Crippen LogP contribution < -0.4 is 4.74 Å². The van der Waals surface area contributed by atoms with E-state index in [1.807, 2.05) is 30.3 Å². The SMILES string of the molecule is COc1ccc(C2CC(c3ccc(Cl)c(Cl)c3)=NN2C(C)=O)cc1. The van der Waals surface area contributed by atoms with Gasteiger partial charge in [-0.05, 0) is 35.4 Å². The molecule has 24 heavy (non-hydrogen) atoms. The van der Waals surface area contributed by atoms with E-state index in [2.05, 4.69) is 5.10 Å². The fourth-order valence-corrected chi connectivity index (χ4v) is 3.03. The van der Waals surface area contributed by atoms with E-state index in [1.165, 1.54) is 11.9 Å². The minimum absolute atomic E-state index is 0.106. The molecule has 0 aliphatic carbocycles. The Labute approximate surface area is 150 Å². The Morgan fingerprint density at radius 1 is 1.17 bits per heavy atom. The average Bonchev–Trinajstić information content (AvgIpc) is 3.03. The highest BCUT2D eigenvalue weighted by Gasteiger charge is 2.31. The number of rotatable bonds is 3. The van der Waals surface area contributed by atoms with Crippen LogP contribution in [0.25, 0.3) is 0 Å². The van der Waals surface area contributed by atoms with Gasteiger partial charge in [-0.1, -0.05) is 41.4 Å². The summed E-state index contributed by atoms with van der Waals surface area (Å²) in [6.45, 7) is 1.51. The highest BCUT2D eigenvalue weighted by Crippen LogP contribution is 2.34. The summed E-state index contributed by atoms with van der Waals surface area (Å²) in [5.41, 5.74) is 2.68. The molecule has 124 valence electrons. The van der Waals surface area contributed by atoms with Crippen molar-refractivity contribution in [3.63, 3.8) is 0 Å². The van der Waals surface area contributed by atoms with Crippen LogP contribution in [-0.4, -0.2) is 23.7 Å². The molecule has 0 aromatic heterocycles. The Kier molecular flexibility index (Phi) is 4.78. The molecule has 0 fully saturated rings. The molecule has 1 heterocycles. The monoisotopic (exact) mass is 362 g/mol. The van der Waals surface area contributed by atoms with Crippen molar-refractivity contribution in [2.24, 2.45) is 5.10 Å².